The number of para-hydroxylation sites is 2. The van der Waals surface area contributed by atoms with E-state index in [1.165, 1.54) is 6.08 Å². The molecule has 0 spiro atoms. The van der Waals surface area contributed by atoms with Crippen LogP contribution in [-0.4, -0.2) is 30.3 Å². The summed E-state index contributed by atoms with van der Waals surface area (Å²) < 4.78 is 11.4. The highest BCUT2D eigenvalue weighted by Gasteiger charge is 2.24. The summed E-state index contributed by atoms with van der Waals surface area (Å²) in [4.78, 5) is 25.1. The van der Waals surface area contributed by atoms with Crippen LogP contribution in [-0.2, 0) is 9.53 Å². The molecule has 0 saturated heterocycles. The summed E-state index contributed by atoms with van der Waals surface area (Å²) >= 11 is 0. The number of carbonyl (C=O) groups is 2. The lowest BCUT2D eigenvalue weighted by Gasteiger charge is -2.25. The minimum Gasteiger partial charge on any atom is -0.491 e. The van der Waals surface area contributed by atoms with Crippen LogP contribution < -0.4 is 21.1 Å². The van der Waals surface area contributed by atoms with Gasteiger partial charge in [-0.1, -0.05) is 55.0 Å². The highest BCUT2D eigenvalue weighted by atomic mass is 16.6. The van der Waals surface area contributed by atoms with Gasteiger partial charge < -0.3 is 25.6 Å². The molecule has 0 aliphatic rings. The van der Waals surface area contributed by atoms with Crippen LogP contribution in [0.5, 0.6) is 5.75 Å². The van der Waals surface area contributed by atoms with E-state index in [0.29, 0.717) is 35.7 Å². The summed E-state index contributed by atoms with van der Waals surface area (Å²) in [5.74, 6) is 0.229. The van der Waals surface area contributed by atoms with Crippen molar-refractivity contribution in [3.63, 3.8) is 0 Å². The molecule has 5 N–H and O–H groups in total. The van der Waals surface area contributed by atoms with Crippen molar-refractivity contribution in [2.45, 2.75) is 32.8 Å². The normalized spacial score (nSPS) is 12.5. The fourth-order valence-corrected chi connectivity index (χ4v) is 3.84. The van der Waals surface area contributed by atoms with E-state index in [0.717, 1.165) is 11.1 Å². The number of nitrogens with two attached hydrogens (primary N) is 1. The number of rotatable bonds is 12. The van der Waals surface area contributed by atoms with Crippen LogP contribution in [0.4, 0.5) is 21.9 Å². The second kappa shape index (κ2) is 14.4. The minimum absolute atomic E-state index is 0.0793. The van der Waals surface area contributed by atoms with Gasteiger partial charge in [0.05, 0.1) is 18.0 Å². The molecule has 3 aromatic carbocycles. The molecule has 0 radical (unpaired) electrons. The number of amides is 2. The van der Waals surface area contributed by atoms with Crippen molar-refractivity contribution in [1.82, 2.24) is 0 Å². The van der Waals surface area contributed by atoms with Crippen molar-refractivity contribution < 1.29 is 24.2 Å². The number of benzene rings is 3. The molecule has 0 aliphatic heterocycles. The summed E-state index contributed by atoms with van der Waals surface area (Å²) in [6.07, 6.45) is 3.38. The number of anilines is 3. The molecule has 0 aliphatic carbocycles. The third-order valence-corrected chi connectivity index (χ3v) is 5.87. The summed E-state index contributed by atoms with van der Waals surface area (Å²) in [6.45, 7) is 4.03. The number of nitrogens with one attached hydrogen (secondary N) is 2. The van der Waals surface area contributed by atoms with Gasteiger partial charge in [0.25, 0.3) is 0 Å². The van der Waals surface area contributed by atoms with Crippen molar-refractivity contribution in [3.8, 4) is 5.75 Å². The Hall–Kier alpha value is -4.30. The van der Waals surface area contributed by atoms with Gasteiger partial charge in [0.1, 0.15) is 18.5 Å². The van der Waals surface area contributed by atoms with Crippen LogP contribution in [0.3, 0.4) is 0 Å². The molecular formula is C30H35N3O5. The molecular weight excluding hydrogens is 482 g/mol. The van der Waals surface area contributed by atoms with E-state index in [4.69, 9.17) is 20.3 Å². The Kier molecular flexibility index (Phi) is 10.7. The summed E-state index contributed by atoms with van der Waals surface area (Å²) in [5, 5.41) is 14.6. The van der Waals surface area contributed by atoms with E-state index in [1.54, 1.807) is 36.4 Å². The second-order valence-electron chi connectivity index (χ2n) is 8.99. The van der Waals surface area contributed by atoms with Crippen molar-refractivity contribution in [2.24, 2.45) is 5.92 Å². The third kappa shape index (κ3) is 8.97. The summed E-state index contributed by atoms with van der Waals surface area (Å²) in [6, 6.07) is 21.8. The molecule has 38 heavy (non-hydrogen) atoms. The lowest BCUT2D eigenvalue weighted by atomic mass is 9.93. The lowest BCUT2D eigenvalue weighted by molar-refractivity contribution is -0.111. The first kappa shape index (κ1) is 28.3. The number of aliphatic hydroxyl groups is 1. The van der Waals surface area contributed by atoms with Gasteiger partial charge >= 0.3 is 6.09 Å². The Bertz CT molecular complexity index is 1230. The van der Waals surface area contributed by atoms with E-state index < -0.39 is 12.2 Å². The van der Waals surface area contributed by atoms with Gasteiger partial charge in [-0.05, 0) is 73.7 Å². The van der Waals surface area contributed by atoms with Crippen LogP contribution in [0.1, 0.15) is 37.0 Å². The quantitative estimate of drug-likeness (QED) is 0.177. The van der Waals surface area contributed by atoms with Crippen LogP contribution in [0.2, 0.25) is 0 Å². The van der Waals surface area contributed by atoms with Crippen molar-refractivity contribution in [2.75, 3.05) is 29.6 Å². The van der Waals surface area contributed by atoms with Crippen molar-refractivity contribution in [1.29, 1.82) is 0 Å². The van der Waals surface area contributed by atoms with Crippen LogP contribution in [0.15, 0.2) is 84.9 Å². The van der Waals surface area contributed by atoms with Gasteiger partial charge in [0, 0.05) is 5.69 Å². The van der Waals surface area contributed by atoms with Gasteiger partial charge in [-0.15, -0.1) is 0 Å². The molecule has 200 valence electrons. The Labute approximate surface area is 223 Å². The molecule has 8 nitrogen and oxygen atoms in total. The fourth-order valence-electron chi connectivity index (χ4n) is 3.84. The SMILES string of the molecule is Cc1ccc(NC(=O)O[C@@H](c2cccc(OCCO)c2)[C@H](C)CC/C=C/C(=O)Nc2ccccc2N)cc1. The molecule has 0 aromatic heterocycles. The van der Waals surface area contributed by atoms with Crippen LogP contribution >= 0.6 is 0 Å². The van der Waals surface area contributed by atoms with Gasteiger partial charge in [-0.2, -0.15) is 0 Å². The Morgan fingerprint density at radius 2 is 1.79 bits per heavy atom. The Morgan fingerprint density at radius 3 is 2.53 bits per heavy atom. The summed E-state index contributed by atoms with van der Waals surface area (Å²) in [7, 11) is 0. The highest BCUT2D eigenvalue weighted by Crippen LogP contribution is 2.32. The molecule has 0 saturated carbocycles. The van der Waals surface area contributed by atoms with E-state index in [-0.39, 0.29) is 25.0 Å². The van der Waals surface area contributed by atoms with E-state index in [2.05, 4.69) is 10.6 Å². The van der Waals surface area contributed by atoms with Gasteiger partial charge in [0.2, 0.25) is 5.91 Å². The number of carbonyl (C=O) groups excluding carboxylic acids is 2. The smallest absolute Gasteiger partial charge is 0.412 e. The van der Waals surface area contributed by atoms with E-state index >= 15 is 0 Å². The second-order valence-corrected chi connectivity index (χ2v) is 8.99. The largest absolute Gasteiger partial charge is 0.491 e. The first-order valence-corrected chi connectivity index (χ1v) is 12.6. The number of ether oxygens (including phenoxy) is 2. The number of hydrogen-bond donors (Lipinski definition) is 4. The number of aliphatic hydroxyl groups excluding tert-OH is 1. The first-order chi connectivity index (χ1) is 18.4. The number of aryl methyl sites for hydroxylation is 1. The van der Waals surface area contributed by atoms with Crippen molar-refractivity contribution in [3.05, 3.63) is 96.1 Å². The number of allylic oxidation sites excluding steroid dienone is 1. The highest BCUT2D eigenvalue weighted by molar-refractivity contribution is 6.01. The van der Waals surface area contributed by atoms with Gasteiger partial charge in [-0.25, -0.2) is 4.79 Å². The topological polar surface area (TPSA) is 123 Å². The fraction of sp³-hybridized carbons (Fsp3) is 0.267. The molecule has 8 heteroatoms. The minimum atomic E-state index is -0.567. The van der Waals surface area contributed by atoms with E-state index in [9.17, 15) is 9.59 Å². The number of hydrogen-bond acceptors (Lipinski definition) is 6. The van der Waals surface area contributed by atoms with Gasteiger partial charge in [0.15, 0.2) is 0 Å². The molecule has 2 atom stereocenters. The molecule has 3 aromatic rings. The maximum atomic E-state index is 12.8. The molecule has 0 fully saturated rings. The Balaban J connectivity index is 1.65. The zero-order valence-corrected chi connectivity index (χ0v) is 21.7. The zero-order chi connectivity index (χ0) is 27.3. The predicted octanol–water partition coefficient (Wildman–Crippen LogP) is 5.85. The monoisotopic (exact) mass is 517 g/mol. The Morgan fingerprint density at radius 1 is 1.03 bits per heavy atom. The zero-order valence-electron chi connectivity index (χ0n) is 21.7. The molecule has 3 rings (SSSR count). The van der Waals surface area contributed by atoms with Crippen LogP contribution in [0, 0.1) is 12.8 Å². The lowest BCUT2D eigenvalue weighted by Crippen LogP contribution is -2.22. The van der Waals surface area contributed by atoms with Gasteiger partial charge in [-0.3, -0.25) is 10.1 Å². The molecule has 0 bridgehead atoms. The first-order valence-electron chi connectivity index (χ1n) is 12.6. The van der Waals surface area contributed by atoms with Crippen molar-refractivity contribution >= 4 is 29.1 Å². The maximum absolute atomic E-state index is 12.8. The predicted molar refractivity (Wildman–Crippen MR) is 150 cm³/mol. The summed E-state index contributed by atoms with van der Waals surface area (Å²) in [5.41, 5.74) is 9.43. The molecule has 0 unspecified atom stereocenters. The number of nitrogen functional groups attached to an aromatic ring is 1. The van der Waals surface area contributed by atoms with E-state index in [1.807, 2.05) is 56.3 Å². The third-order valence-electron chi connectivity index (χ3n) is 5.87. The average molecular weight is 518 g/mol. The molecule has 2 amide bonds. The molecule has 0 heterocycles. The van der Waals surface area contributed by atoms with Crippen LogP contribution in [0.25, 0.3) is 0 Å². The maximum Gasteiger partial charge on any atom is 0.412 e. The standard InChI is InChI=1S/C30H35N3O5/c1-21-14-16-24(17-15-21)32-30(36)38-29(23-9-7-10-25(20-23)37-19-18-34)22(2)8-3-6-13-28(35)33-27-12-5-4-11-26(27)31/h4-7,9-17,20,22,29,34H,3,8,18-19,31H2,1-2H3,(H,32,36)(H,33,35)/b13-6+/t22-,29-/m1/s1. The average Bonchev–Trinajstić information content (AvgIpc) is 2.91.